The maximum absolute atomic E-state index is 12.9. The lowest BCUT2D eigenvalue weighted by Gasteiger charge is -2.35. The molecule has 0 atom stereocenters. The van der Waals surface area contributed by atoms with Crippen LogP contribution in [0, 0.1) is 5.82 Å². The van der Waals surface area contributed by atoms with Gasteiger partial charge in [0, 0.05) is 44.9 Å². The lowest BCUT2D eigenvalue weighted by molar-refractivity contribution is -0.129. The highest BCUT2D eigenvalue weighted by atomic mass is 19.1. The van der Waals surface area contributed by atoms with Gasteiger partial charge in [0.25, 0.3) is 0 Å². The molecule has 0 radical (unpaired) electrons. The van der Waals surface area contributed by atoms with Crippen molar-refractivity contribution in [2.24, 2.45) is 0 Å². The second-order valence-corrected chi connectivity index (χ2v) is 6.29. The van der Waals surface area contributed by atoms with Crippen LogP contribution in [-0.2, 0) is 9.59 Å². The highest BCUT2D eigenvalue weighted by Crippen LogP contribution is 2.21. The van der Waals surface area contributed by atoms with Gasteiger partial charge in [0.2, 0.25) is 5.91 Å². The van der Waals surface area contributed by atoms with E-state index >= 15 is 0 Å². The van der Waals surface area contributed by atoms with Gasteiger partial charge in [0.1, 0.15) is 11.6 Å². The van der Waals surface area contributed by atoms with Crippen LogP contribution in [0.1, 0.15) is 12.5 Å². The Hall–Kier alpha value is -3.15. The van der Waals surface area contributed by atoms with Crippen molar-refractivity contribution in [3.05, 3.63) is 66.0 Å². The molecule has 0 bridgehead atoms. The molecular formula is C21H21FN2O3. The molecule has 1 amide bonds. The summed E-state index contributed by atoms with van der Waals surface area (Å²) in [5.41, 5.74) is 1.74. The number of rotatable bonds is 4. The van der Waals surface area contributed by atoms with Crippen molar-refractivity contribution in [3.8, 4) is 5.75 Å². The average molecular weight is 368 g/mol. The molecule has 5 nitrogen and oxygen atoms in total. The zero-order valence-corrected chi connectivity index (χ0v) is 15.1. The number of esters is 1. The molecule has 140 valence electrons. The first-order valence-electron chi connectivity index (χ1n) is 8.77. The summed E-state index contributed by atoms with van der Waals surface area (Å²) in [7, 11) is 0. The quantitative estimate of drug-likeness (QED) is 0.473. The van der Waals surface area contributed by atoms with Gasteiger partial charge in [-0.1, -0.05) is 12.1 Å². The van der Waals surface area contributed by atoms with Crippen molar-refractivity contribution < 1.29 is 18.7 Å². The highest BCUT2D eigenvalue weighted by Gasteiger charge is 2.18. The van der Waals surface area contributed by atoms with E-state index in [9.17, 15) is 14.0 Å². The zero-order chi connectivity index (χ0) is 19.2. The number of halogens is 1. The molecule has 1 saturated heterocycles. The number of carbonyl (C=O) groups is 2. The van der Waals surface area contributed by atoms with Gasteiger partial charge >= 0.3 is 5.97 Å². The maximum Gasteiger partial charge on any atom is 0.336 e. The predicted octanol–water partition coefficient (Wildman–Crippen LogP) is 3.11. The van der Waals surface area contributed by atoms with E-state index < -0.39 is 5.97 Å². The Bertz CT molecular complexity index is 824. The maximum atomic E-state index is 12.9. The molecule has 6 heteroatoms. The van der Waals surface area contributed by atoms with Crippen molar-refractivity contribution in [1.82, 2.24) is 4.90 Å². The van der Waals surface area contributed by atoms with E-state index in [0.29, 0.717) is 24.4 Å². The summed E-state index contributed by atoms with van der Waals surface area (Å²) >= 11 is 0. The molecule has 1 aliphatic heterocycles. The first kappa shape index (κ1) is 18.6. The van der Waals surface area contributed by atoms with Gasteiger partial charge in [-0.3, -0.25) is 4.79 Å². The Kier molecular flexibility index (Phi) is 5.86. The van der Waals surface area contributed by atoms with Gasteiger partial charge < -0.3 is 14.5 Å². The first-order valence-corrected chi connectivity index (χ1v) is 8.77. The highest BCUT2D eigenvalue weighted by molar-refractivity contribution is 5.88. The number of ether oxygens (including phenoxy) is 1. The number of carbonyl (C=O) groups excluding carboxylic acids is 2. The van der Waals surface area contributed by atoms with Crippen LogP contribution in [0.3, 0.4) is 0 Å². The van der Waals surface area contributed by atoms with Gasteiger partial charge in [-0.15, -0.1) is 0 Å². The van der Waals surface area contributed by atoms with E-state index in [0.717, 1.165) is 18.8 Å². The Morgan fingerprint density at radius 2 is 1.59 bits per heavy atom. The fourth-order valence-corrected chi connectivity index (χ4v) is 2.89. The predicted molar refractivity (Wildman–Crippen MR) is 102 cm³/mol. The molecule has 0 N–H and O–H groups in total. The minimum atomic E-state index is -0.498. The van der Waals surface area contributed by atoms with Gasteiger partial charge in [-0.05, 0) is 48.0 Å². The largest absolute Gasteiger partial charge is 0.423 e. The number of nitrogens with zero attached hydrogens (tertiary/aromatic N) is 2. The van der Waals surface area contributed by atoms with E-state index in [-0.39, 0.29) is 11.7 Å². The minimum Gasteiger partial charge on any atom is -0.423 e. The molecular weight excluding hydrogens is 347 g/mol. The Morgan fingerprint density at radius 3 is 2.19 bits per heavy atom. The molecule has 3 rings (SSSR count). The van der Waals surface area contributed by atoms with Gasteiger partial charge in [-0.2, -0.15) is 0 Å². The summed E-state index contributed by atoms with van der Waals surface area (Å²) in [5.74, 6) is -0.264. The zero-order valence-electron chi connectivity index (χ0n) is 15.1. The molecule has 0 unspecified atom stereocenters. The number of anilines is 1. The Balaban J connectivity index is 1.53. The summed E-state index contributed by atoms with van der Waals surface area (Å²) in [6.45, 7) is 4.56. The normalized spacial score (nSPS) is 14.4. The monoisotopic (exact) mass is 368 g/mol. The third-order valence-electron chi connectivity index (χ3n) is 4.43. The summed E-state index contributed by atoms with van der Waals surface area (Å²) in [6.07, 6.45) is 2.88. The van der Waals surface area contributed by atoms with E-state index in [4.69, 9.17) is 4.74 Å². The number of benzene rings is 2. The van der Waals surface area contributed by atoms with E-state index in [2.05, 4.69) is 4.90 Å². The van der Waals surface area contributed by atoms with E-state index in [1.165, 1.54) is 18.2 Å². The van der Waals surface area contributed by atoms with E-state index in [1.807, 2.05) is 17.0 Å². The molecule has 27 heavy (non-hydrogen) atoms. The summed E-state index contributed by atoms with van der Waals surface area (Å²) in [6, 6.07) is 13.1. The molecule has 2 aromatic rings. The van der Waals surface area contributed by atoms with Gasteiger partial charge in [0.15, 0.2) is 0 Å². The van der Waals surface area contributed by atoms with Gasteiger partial charge in [-0.25, -0.2) is 9.18 Å². The average Bonchev–Trinajstić information content (AvgIpc) is 2.68. The fraction of sp³-hybridized carbons (Fsp3) is 0.238. The Morgan fingerprint density at radius 1 is 0.963 bits per heavy atom. The number of hydrogen-bond donors (Lipinski definition) is 0. The molecule has 0 spiro atoms. The molecule has 0 saturated carbocycles. The van der Waals surface area contributed by atoms with Crippen LogP contribution in [-0.4, -0.2) is 43.0 Å². The molecule has 1 fully saturated rings. The van der Waals surface area contributed by atoms with Crippen molar-refractivity contribution in [3.63, 3.8) is 0 Å². The molecule has 1 heterocycles. The number of hydrogen-bond acceptors (Lipinski definition) is 4. The van der Waals surface area contributed by atoms with Crippen LogP contribution in [0.5, 0.6) is 5.75 Å². The number of piperazine rings is 1. The second kappa shape index (κ2) is 8.49. The molecule has 0 aliphatic carbocycles. The summed E-state index contributed by atoms with van der Waals surface area (Å²) in [4.78, 5) is 27.3. The summed E-state index contributed by atoms with van der Waals surface area (Å²) < 4.78 is 18.1. The Labute approximate surface area is 157 Å². The van der Waals surface area contributed by atoms with E-state index in [1.54, 1.807) is 37.3 Å². The van der Waals surface area contributed by atoms with Crippen LogP contribution >= 0.6 is 0 Å². The minimum absolute atomic E-state index is 0.102. The van der Waals surface area contributed by atoms with Crippen LogP contribution in [0.15, 0.2) is 54.6 Å². The van der Waals surface area contributed by atoms with Crippen molar-refractivity contribution in [1.29, 1.82) is 0 Å². The van der Waals surface area contributed by atoms with Crippen LogP contribution in [0.2, 0.25) is 0 Å². The van der Waals surface area contributed by atoms with Crippen LogP contribution in [0.25, 0.3) is 6.08 Å². The standard InChI is InChI=1S/C21H21FN2O3/c1-16(25)23-12-14-24(15-13-23)19-7-9-20(10-8-19)27-21(26)11-4-17-2-5-18(22)6-3-17/h2-11H,12-15H2,1H3/b11-4+. The SMILES string of the molecule is CC(=O)N1CCN(c2ccc(OC(=O)/C=C/c3ccc(F)cc3)cc2)CC1. The van der Waals surface area contributed by atoms with Crippen LogP contribution in [0.4, 0.5) is 10.1 Å². The van der Waals surface area contributed by atoms with Gasteiger partial charge in [0.05, 0.1) is 0 Å². The number of amides is 1. The third-order valence-corrected chi connectivity index (χ3v) is 4.43. The fourth-order valence-electron chi connectivity index (χ4n) is 2.89. The summed E-state index contributed by atoms with van der Waals surface area (Å²) in [5, 5.41) is 0. The molecule has 1 aliphatic rings. The van der Waals surface area contributed by atoms with Crippen molar-refractivity contribution in [2.75, 3.05) is 31.1 Å². The topological polar surface area (TPSA) is 49.9 Å². The van der Waals surface area contributed by atoms with Crippen molar-refractivity contribution in [2.45, 2.75) is 6.92 Å². The van der Waals surface area contributed by atoms with Crippen LogP contribution < -0.4 is 9.64 Å². The second-order valence-electron chi connectivity index (χ2n) is 6.29. The smallest absolute Gasteiger partial charge is 0.336 e. The van der Waals surface area contributed by atoms with Crippen molar-refractivity contribution >= 4 is 23.6 Å². The lowest BCUT2D eigenvalue weighted by Crippen LogP contribution is -2.48. The lowest BCUT2D eigenvalue weighted by atomic mass is 10.2. The molecule has 0 aromatic heterocycles. The third kappa shape index (κ3) is 5.17. The molecule has 2 aromatic carbocycles. The first-order chi connectivity index (χ1) is 13.0.